The third-order valence-electron chi connectivity index (χ3n) is 4.00. The number of amides is 3. The average molecular weight is 415 g/mol. The van der Waals surface area contributed by atoms with Gasteiger partial charge in [0.1, 0.15) is 6.10 Å². The summed E-state index contributed by atoms with van der Waals surface area (Å²) < 4.78 is 5.29. The predicted octanol–water partition coefficient (Wildman–Crippen LogP) is 3.32. The van der Waals surface area contributed by atoms with E-state index in [0.29, 0.717) is 28.6 Å². The average Bonchev–Trinajstić information content (AvgIpc) is 3.23. The Bertz CT molecular complexity index is 778. The lowest BCUT2D eigenvalue weighted by atomic mass is 10.2. The molecule has 2 aliphatic rings. The van der Waals surface area contributed by atoms with E-state index >= 15 is 0 Å². The SMILES string of the molecule is O=C(NCCN1C(=O)S/C(=C\c2cccc(Cl)c2Cl)C1=O)C1CCCO1. The maximum absolute atomic E-state index is 12.5. The minimum Gasteiger partial charge on any atom is -0.368 e. The topological polar surface area (TPSA) is 75.7 Å². The van der Waals surface area contributed by atoms with E-state index in [9.17, 15) is 14.4 Å². The first kappa shape index (κ1) is 19.2. The highest BCUT2D eigenvalue weighted by Gasteiger charge is 2.35. The molecule has 2 heterocycles. The third-order valence-corrected chi connectivity index (χ3v) is 5.74. The Labute approximate surface area is 164 Å². The Balaban J connectivity index is 1.60. The maximum atomic E-state index is 12.5. The first-order valence-corrected chi connectivity index (χ1v) is 9.63. The largest absolute Gasteiger partial charge is 0.368 e. The molecule has 1 atom stereocenters. The normalized spacial score (nSPS) is 21.7. The highest BCUT2D eigenvalue weighted by atomic mass is 35.5. The van der Waals surface area contributed by atoms with Crippen molar-refractivity contribution < 1.29 is 19.1 Å². The van der Waals surface area contributed by atoms with Crippen molar-refractivity contribution in [1.29, 1.82) is 0 Å². The number of nitrogens with zero attached hydrogens (tertiary/aromatic N) is 1. The molecule has 1 aromatic rings. The first-order chi connectivity index (χ1) is 12.5. The lowest BCUT2D eigenvalue weighted by molar-refractivity contribution is -0.130. The van der Waals surface area contributed by atoms with E-state index in [0.717, 1.165) is 23.1 Å². The summed E-state index contributed by atoms with van der Waals surface area (Å²) in [6.45, 7) is 0.865. The van der Waals surface area contributed by atoms with Crippen LogP contribution in [-0.2, 0) is 14.3 Å². The molecule has 2 aliphatic heterocycles. The van der Waals surface area contributed by atoms with E-state index in [1.807, 2.05) is 0 Å². The molecule has 3 amide bonds. The van der Waals surface area contributed by atoms with E-state index in [1.165, 1.54) is 0 Å². The highest BCUT2D eigenvalue weighted by molar-refractivity contribution is 8.18. The van der Waals surface area contributed by atoms with Crippen molar-refractivity contribution in [1.82, 2.24) is 10.2 Å². The van der Waals surface area contributed by atoms with Crippen LogP contribution in [0.4, 0.5) is 4.79 Å². The fourth-order valence-corrected chi connectivity index (χ4v) is 3.87. The molecule has 0 aromatic heterocycles. The number of carbonyl (C=O) groups excluding carboxylic acids is 3. The molecule has 3 rings (SSSR count). The maximum Gasteiger partial charge on any atom is 0.293 e. The predicted molar refractivity (Wildman–Crippen MR) is 101 cm³/mol. The zero-order chi connectivity index (χ0) is 18.7. The van der Waals surface area contributed by atoms with Gasteiger partial charge < -0.3 is 10.1 Å². The Hall–Kier alpha value is -1.54. The number of thioether (sulfide) groups is 1. The number of hydrogen-bond donors (Lipinski definition) is 1. The van der Waals surface area contributed by atoms with Crippen molar-refractivity contribution in [2.24, 2.45) is 0 Å². The highest BCUT2D eigenvalue weighted by Crippen LogP contribution is 2.34. The second kappa shape index (κ2) is 8.43. The standard InChI is InChI=1S/C17H16Cl2N2O4S/c18-11-4-1-3-10(14(11)19)9-13-16(23)21(17(24)26-13)7-6-20-15(22)12-5-2-8-25-12/h1,3-4,9,12H,2,5-8H2,(H,20,22)/b13-9-. The number of hydrogen-bond acceptors (Lipinski definition) is 5. The van der Waals surface area contributed by atoms with Gasteiger partial charge in [-0.2, -0.15) is 0 Å². The number of carbonyl (C=O) groups is 3. The smallest absolute Gasteiger partial charge is 0.293 e. The second-order valence-electron chi connectivity index (χ2n) is 5.77. The van der Waals surface area contributed by atoms with E-state index in [2.05, 4.69) is 5.32 Å². The summed E-state index contributed by atoms with van der Waals surface area (Å²) in [4.78, 5) is 37.8. The van der Waals surface area contributed by atoms with Crippen LogP contribution in [0.2, 0.25) is 10.0 Å². The van der Waals surface area contributed by atoms with Gasteiger partial charge in [-0.15, -0.1) is 0 Å². The van der Waals surface area contributed by atoms with Crippen LogP contribution in [0.25, 0.3) is 6.08 Å². The Kier molecular flexibility index (Phi) is 6.24. The van der Waals surface area contributed by atoms with Crippen LogP contribution in [0.5, 0.6) is 0 Å². The molecular formula is C17H16Cl2N2O4S. The van der Waals surface area contributed by atoms with Crippen molar-refractivity contribution in [2.75, 3.05) is 19.7 Å². The molecule has 0 spiro atoms. The van der Waals surface area contributed by atoms with Gasteiger partial charge in [-0.1, -0.05) is 35.3 Å². The lowest BCUT2D eigenvalue weighted by Crippen LogP contribution is -2.40. The van der Waals surface area contributed by atoms with Gasteiger partial charge in [-0.3, -0.25) is 19.3 Å². The molecule has 2 saturated heterocycles. The van der Waals surface area contributed by atoms with Gasteiger partial charge in [0.15, 0.2) is 0 Å². The summed E-state index contributed by atoms with van der Waals surface area (Å²) >= 11 is 12.9. The molecular weight excluding hydrogens is 399 g/mol. The summed E-state index contributed by atoms with van der Waals surface area (Å²) in [6, 6.07) is 5.07. The molecule has 9 heteroatoms. The second-order valence-corrected chi connectivity index (χ2v) is 7.55. The fraction of sp³-hybridized carbons (Fsp3) is 0.353. The lowest BCUT2D eigenvalue weighted by Gasteiger charge is -2.14. The molecule has 0 saturated carbocycles. The van der Waals surface area contributed by atoms with Crippen molar-refractivity contribution in [3.05, 3.63) is 38.7 Å². The number of rotatable bonds is 5. The molecule has 0 aliphatic carbocycles. The molecule has 26 heavy (non-hydrogen) atoms. The molecule has 1 N–H and O–H groups in total. The molecule has 1 unspecified atom stereocenters. The summed E-state index contributed by atoms with van der Waals surface area (Å²) in [6.07, 6.45) is 2.66. The zero-order valence-corrected chi connectivity index (χ0v) is 16.0. The van der Waals surface area contributed by atoms with Crippen LogP contribution >= 0.6 is 35.0 Å². The number of ether oxygens (including phenoxy) is 1. The van der Waals surface area contributed by atoms with Crippen molar-refractivity contribution in [3.8, 4) is 0 Å². The quantitative estimate of drug-likeness (QED) is 0.747. The van der Waals surface area contributed by atoms with Crippen LogP contribution in [0.15, 0.2) is 23.1 Å². The Morgan fingerprint density at radius 1 is 1.38 bits per heavy atom. The van der Waals surface area contributed by atoms with Gasteiger partial charge >= 0.3 is 0 Å². The van der Waals surface area contributed by atoms with E-state index < -0.39 is 12.0 Å². The van der Waals surface area contributed by atoms with Gasteiger partial charge in [0.2, 0.25) is 5.91 Å². The number of nitrogens with one attached hydrogen (secondary N) is 1. The summed E-state index contributed by atoms with van der Waals surface area (Å²) in [5, 5.41) is 3.01. The van der Waals surface area contributed by atoms with E-state index in [4.69, 9.17) is 27.9 Å². The molecule has 138 valence electrons. The summed E-state index contributed by atoms with van der Waals surface area (Å²) in [7, 11) is 0. The Morgan fingerprint density at radius 3 is 2.92 bits per heavy atom. The number of imide groups is 1. The van der Waals surface area contributed by atoms with Crippen molar-refractivity contribution in [3.63, 3.8) is 0 Å². The van der Waals surface area contributed by atoms with E-state index in [1.54, 1.807) is 24.3 Å². The van der Waals surface area contributed by atoms with Crippen LogP contribution in [0.1, 0.15) is 18.4 Å². The summed E-state index contributed by atoms with van der Waals surface area (Å²) in [5.74, 6) is -0.627. The first-order valence-electron chi connectivity index (χ1n) is 8.06. The van der Waals surface area contributed by atoms with Crippen LogP contribution in [0.3, 0.4) is 0 Å². The minimum absolute atomic E-state index is 0.101. The van der Waals surface area contributed by atoms with Crippen LogP contribution in [0, 0.1) is 0 Å². The third kappa shape index (κ3) is 4.23. The van der Waals surface area contributed by atoms with Gasteiger partial charge in [0.05, 0.1) is 15.0 Å². The number of benzene rings is 1. The number of halogens is 2. The van der Waals surface area contributed by atoms with Crippen LogP contribution < -0.4 is 5.32 Å². The molecule has 6 nitrogen and oxygen atoms in total. The molecule has 0 radical (unpaired) electrons. The van der Waals surface area contributed by atoms with Gasteiger partial charge in [0.25, 0.3) is 11.1 Å². The van der Waals surface area contributed by atoms with Crippen molar-refractivity contribution in [2.45, 2.75) is 18.9 Å². The summed E-state index contributed by atoms with van der Waals surface area (Å²) in [5.41, 5.74) is 0.566. The molecule has 2 fully saturated rings. The molecule has 1 aromatic carbocycles. The van der Waals surface area contributed by atoms with Gasteiger partial charge in [0, 0.05) is 19.7 Å². The zero-order valence-electron chi connectivity index (χ0n) is 13.7. The monoisotopic (exact) mass is 414 g/mol. The van der Waals surface area contributed by atoms with E-state index in [-0.39, 0.29) is 29.1 Å². The van der Waals surface area contributed by atoms with Crippen LogP contribution in [-0.4, -0.2) is 47.8 Å². The van der Waals surface area contributed by atoms with Gasteiger partial charge in [-0.05, 0) is 42.3 Å². The Morgan fingerprint density at radius 2 is 2.19 bits per heavy atom. The van der Waals surface area contributed by atoms with Gasteiger partial charge in [-0.25, -0.2) is 0 Å². The molecule has 0 bridgehead atoms. The van der Waals surface area contributed by atoms with Crippen molar-refractivity contribution >= 4 is 58.1 Å². The minimum atomic E-state index is -0.435. The fourth-order valence-electron chi connectivity index (χ4n) is 2.66.